The van der Waals surface area contributed by atoms with Gasteiger partial charge in [0, 0.05) is 42.6 Å². The van der Waals surface area contributed by atoms with Gasteiger partial charge in [0.15, 0.2) is 0 Å². The van der Waals surface area contributed by atoms with Crippen molar-refractivity contribution in [2.45, 2.75) is 64.3 Å². The SMILES string of the molecule is C#CC(C)(C)NCC[C@H](COc1cc(F)cc(F)c1)NC(=O)c1cc(NC[C@H]2C[C@@H]2C)nc(N(C)SC(C)C)c1. The van der Waals surface area contributed by atoms with Crippen molar-refractivity contribution in [2.24, 2.45) is 11.8 Å². The third-order valence-electron chi connectivity index (χ3n) is 6.63. The Morgan fingerprint density at radius 2 is 1.93 bits per heavy atom. The first-order valence-electron chi connectivity index (χ1n) is 13.6. The highest BCUT2D eigenvalue weighted by molar-refractivity contribution is 8.01. The molecule has 0 unspecified atom stereocenters. The third kappa shape index (κ3) is 10.2. The van der Waals surface area contributed by atoms with Gasteiger partial charge < -0.3 is 25.0 Å². The van der Waals surface area contributed by atoms with E-state index in [9.17, 15) is 13.6 Å². The van der Waals surface area contributed by atoms with Crippen LogP contribution in [0, 0.1) is 35.8 Å². The first-order chi connectivity index (χ1) is 18.8. The predicted molar refractivity (Wildman–Crippen MR) is 160 cm³/mol. The molecule has 0 radical (unpaired) electrons. The van der Waals surface area contributed by atoms with E-state index in [4.69, 9.17) is 16.1 Å². The van der Waals surface area contributed by atoms with Gasteiger partial charge in [0.1, 0.15) is 35.6 Å². The fourth-order valence-corrected chi connectivity index (χ4v) is 4.91. The second-order valence-electron chi connectivity index (χ2n) is 11.2. The Balaban J connectivity index is 1.78. The lowest BCUT2D eigenvalue weighted by Crippen LogP contribution is -2.44. The van der Waals surface area contributed by atoms with Crippen LogP contribution in [-0.4, -0.2) is 54.5 Å². The van der Waals surface area contributed by atoms with Crippen LogP contribution in [0.1, 0.15) is 57.8 Å². The van der Waals surface area contributed by atoms with E-state index in [0.717, 1.165) is 24.7 Å². The van der Waals surface area contributed by atoms with Crippen LogP contribution in [0.5, 0.6) is 5.75 Å². The molecule has 1 aliphatic carbocycles. The average molecular weight is 574 g/mol. The molecule has 1 saturated carbocycles. The Labute approximate surface area is 241 Å². The summed E-state index contributed by atoms with van der Waals surface area (Å²) in [5, 5.41) is 10.0. The van der Waals surface area contributed by atoms with E-state index in [1.165, 1.54) is 6.42 Å². The minimum absolute atomic E-state index is 0.0124. The van der Waals surface area contributed by atoms with Crippen molar-refractivity contribution in [1.82, 2.24) is 15.6 Å². The lowest BCUT2D eigenvalue weighted by Gasteiger charge is -2.24. The number of amides is 1. The monoisotopic (exact) mass is 573 g/mol. The maximum absolute atomic E-state index is 13.7. The normalized spacial score (nSPS) is 17.2. The number of carbonyl (C=O) groups is 1. The molecule has 1 aromatic carbocycles. The highest BCUT2D eigenvalue weighted by Gasteiger charge is 2.32. The summed E-state index contributed by atoms with van der Waals surface area (Å²) in [6.45, 7) is 11.5. The number of carbonyl (C=O) groups excluding carboxylic acids is 1. The predicted octanol–water partition coefficient (Wildman–Crippen LogP) is 5.49. The van der Waals surface area contributed by atoms with E-state index in [1.807, 2.05) is 25.2 Å². The highest BCUT2D eigenvalue weighted by Crippen LogP contribution is 2.37. The molecule has 40 heavy (non-hydrogen) atoms. The first-order valence-corrected chi connectivity index (χ1v) is 14.5. The summed E-state index contributed by atoms with van der Waals surface area (Å²) in [6, 6.07) is 6.04. The third-order valence-corrected chi connectivity index (χ3v) is 7.56. The van der Waals surface area contributed by atoms with Gasteiger partial charge in [-0.15, -0.1) is 6.42 Å². The van der Waals surface area contributed by atoms with E-state index in [2.05, 4.69) is 42.6 Å². The summed E-state index contributed by atoms with van der Waals surface area (Å²) in [7, 11) is 1.93. The molecule has 1 heterocycles. The molecule has 0 saturated heterocycles. The number of benzene rings is 1. The molecule has 2 aromatic rings. The Morgan fingerprint density at radius 3 is 2.52 bits per heavy atom. The fraction of sp³-hybridized carbons (Fsp3) is 0.533. The van der Waals surface area contributed by atoms with Gasteiger partial charge in [0.05, 0.1) is 11.6 Å². The van der Waals surface area contributed by atoms with Gasteiger partial charge in [-0.2, -0.15) is 0 Å². The Morgan fingerprint density at radius 1 is 1.25 bits per heavy atom. The van der Waals surface area contributed by atoms with Crippen molar-refractivity contribution < 1.29 is 18.3 Å². The van der Waals surface area contributed by atoms with Gasteiger partial charge in [-0.05, 0) is 69.2 Å². The van der Waals surface area contributed by atoms with E-state index in [0.29, 0.717) is 47.3 Å². The van der Waals surface area contributed by atoms with Crippen molar-refractivity contribution in [3.8, 4) is 18.1 Å². The fourth-order valence-electron chi connectivity index (χ4n) is 4.07. The number of ether oxygens (including phenoxy) is 1. The first kappa shape index (κ1) is 31.5. The van der Waals surface area contributed by atoms with Crippen molar-refractivity contribution in [3.63, 3.8) is 0 Å². The molecule has 0 aliphatic heterocycles. The van der Waals surface area contributed by atoms with Crippen LogP contribution in [0.2, 0.25) is 0 Å². The minimum atomic E-state index is -0.735. The van der Waals surface area contributed by atoms with Gasteiger partial charge in [-0.25, -0.2) is 13.8 Å². The van der Waals surface area contributed by atoms with Crippen LogP contribution in [0.3, 0.4) is 0 Å². The number of terminal acetylenes is 1. The molecule has 3 atom stereocenters. The van der Waals surface area contributed by atoms with E-state index in [1.54, 1.807) is 24.1 Å². The van der Waals surface area contributed by atoms with E-state index < -0.39 is 23.2 Å². The van der Waals surface area contributed by atoms with Crippen LogP contribution < -0.4 is 25.0 Å². The van der Waals surface area contributed by atoms with Gasteiger partial charge in [-0.3, -0.25) is 4.79 Å². The van der Waals surface area contributed by atoms with E-state index >= 15 is 0 Å². The molecule has 3 rings (SSSR count). The zero-order chi connectivity index (χ0) is 29.4. The molecule has 218 valence electrons. The number of rotatable bonds is 15. The second kappa shape index (κ2) is 14.0. The van der Waals surface area contributed by atoms with Crippen LogP contribution in [-0.2, 0) is 0 Å². The van der Waals surface area contributed by atoms with Crippen LogP contribution in [0.25, 0.3) is 0 Å². The minimum Gasteiger partial charge on any atom is -0.491 e. The summed E-state index contributed by atoms with van der Waals surface area (Å²) >= 11 is 1.62. The number of aromatic nitrogens is 1. The zero-order valence-corrected chi connectivity index (χ0v) is 25.0. The number of pyridine rings is 1. The Hall–Kier alpha value is -3.03. The molecule has 3 N–H and O–H groups in total. The second-order valence-corrected chi connectivity index (χ2v) is 12.9. The molecule has 1 aromatic heterocycles. The largest absolute Gasteiger partial charge is 0.491 e. The highest BCUT2D eigenvalue weighted by atomic mass is 32.2. The average Bonchev–Trinajstić information content (AvgIpc) is 3.59. The van der Waals surface area contributed by atoms with Crippen molar-refractivity contribution in [3.05, 3.63) is 47.5 Å². The summed E-state index contributed by atoms with van der Waals surface area (Å²) in [6.07, 6.45) is 7.24. The molecule has 7 nitrogen and oxygen atoms in total. The summed E-state index contributed by atoms with van der Waals surface area (Å²) in [5.74, 6) is 3.57. The number of nitrogens with one attached hydrogen (secondary N) is 3. The smallest absolute Gasteiger partial charge is 0.251 e. The number of hydrogen-bond donors (Lipinski definition) is 3. The van der Waals surface area contributed by atoms with Gasteiger partial charge in [-0.1, -0.05) is 26.7 Å². The van der Waals surface area contributed by atoms with Gasteiger partial charge in [0.25, 0.3) is 5.91 Å². The lowest BCUT2D eigenvalue weighted by molar-refractivity contribution is 0.0918. The van der Waals surface area contributed by atoms with Gasteiger partial charge >= 0.3 is 0 Å². The van der Waals surface area contributed by atoms with Crippen LogP contribution >= 0.6 is 11.9 Å². The number of nitrogens with zero attached hydrogens (tertiary/aromatic N) is 2. The summed E-state index contributed by atoms with van der Waals surface area (Å²) in [4.78, 5) is 18.3. The molecule has 1 aliphatic rings. The van der Waals surface area contributed by atoms with Crippen LogP contribution in [0.15, 0.2) is 30.3 Å². The maximum Gasteiger partial charge on any atom is 0.251 e. The van der Waals surface area contributed by atoms with Crippen molar-refractivity contribution in [2.75, 3.05) is 36.4 Å². The summed E-state index contributed by atoms with van der Waals surface area (Å²) < 4.78 is 35.0. The van der Waals surface area contributed by atoms with Crippen molar-refractivity contribution in [1.29, 1.82) is 0 Å². The van der Waals surface area contributed by atoms with Crippen LogP contribution in [0.4, 0.5) is 20.4 Å². The number of anilines is 2. The number of halogens is 2. The Kier molecular flexibility index (Phi) is 11.1. The van der Waals surface area contributed by atoms with Gasteiger partial charge in [0.2, 0.25) is 0 Å². The lowest BCUT2D eigenvalue weighted by atomic mass is 10.1. The molecule has 1 amide bonds. The maximum atomic E-state index is 13.7. The molecule has 0 bridgehead atoms. The molecule has 0 spiro atoms. The zero-order valence-electron chi connectivity index (χ0n) is 24.2. The van der Waals surface area contributed by atoms with Crippen molar-refractivity contribution >= 4 is 29.5 Å². The topological polar surface area (TPSA) is 78.5 Å². The molecule has 10 heteroatoms. The molecule has 1 fully saturated rings. The standard InChI is InChI=1S/C30H41F2N5O2S/c1-8-30(5,6)34-10-9-25(18-39-26-15-23(31)14-24(32)16-26)35-29(38)21-12-27(33-17-22-11-20(22)4)36-28(13-21)37(7)40-19(2)3/h1,12-16,19-20,22,25,34H,9-11,17-18H2,2-7H3,(H,33,36)(H,35,38)/t20-,22+,25+/m0/s1. The van der Waals surface area contributed by atoms with E-state index in [-0.39, 0.29) is 18.3 Å². The number of hydrogen-bond acceptors (Lipinski definition) is 7. The summed E-state index contributed by atoms with van der Waals surface area (Å²) in [5.41, 5.74) is -0.0781. The quantitative estimate of drug-likeness (QED) is 0.192. The Bertz CT molecular complexity index is 1180. The molecular weight excluding hydrogens is 532 g/mol. The molecular formula is C30H41F2N5O2S.